The third kappa shape index (κ3) is 8.96. The first-order chi connectivity index (χ1) is 7.06. The average molecular weight is 216 g/mol. The Morgan fingerprint density at radius 1 is 1.27 bits per heavy atom. The summed E-state index contributed by atoms with van der Waals surface area (Å²) in [7, 11) is 0. The van der Waals surface area contributed by atoms with Crippen LogP contribution in [0.1, 0.15) is 20.3 Å². The van der Waals surface area contributed by atoms with Gasteiger partial charge in [0, 0.05) is 12.2 Å². The monoisotopic (exact) mass is 216 g/mol. The molecule has 0 saturated heterocycles. The highest BCUT2D eigenvalue weighted by Crippen LogP contribution is 1.89. The van der Waals surface area contributed by atoms with Crippen molar-refractivity contribution >= 4 is 11.9 Å². The number of carbonyl (C=O) groups excluding carboxylic acids is 2. The number of hydrogen-bond donors (Lipinski definition) is 1. The van der Waals surface area contributed by atoms with Crippen molar-refractivity contribution < 1.29 is 24.2 Å². The highest BCUT2D eigenvalue weighted by atomic mass is 16.5. The second-order valence-electron chi connectivity index (χ2n) is 2.98. The average Bonchev–Trinajstić information content (AvgIpc) is 2.20. The minimum atomic E-state index is -0.714. The van der Waals surface area contributed by atoms with E-state index in [-0.39, 0.29) is 6.61 Å². The summed E-state index contributed by atoms with van der Waals surface area (Å²) >= 11 is 0. The summed E-state index contributed by atoms with van der Waals surface area (Å²) in [4.78, 5) is 21.8. The largest absolute Gasteiger partial charge is 0.463 e. The maximum absolute atomic E-state index is 10.9. The molecule has 5 nitrogen and oxygen atoms in total. The van der Waals surface area contributed by atoms with Crippen molar-refractivity contribution in [3.8, 4) is 0 Å². The van der Waals surface area contributed by atoms with Crippen LogP contribution in [0.25, 0.3) is 0 Å². The summed E-state index contributed by atoms with van der Waals surface area (Å²) in [6, 6.07) is 0. The van der Waals surface area contributed by atoms with Crippen LogP contribution < -0.4 is 0 Å². The van der Waals surface area contributed by atoms with Crippen molar-refractivity contribution in [3.05, 3.63) is 12.2 Å². The van der Waals surface area contributed by atoms with Gasteiger partial charge in [-0.1, -0.05) is 6.92 Å². The number of esters is 2. The molecule has 0 radical (unpaired) electrons. The summed E-state index contributed by atoms with van der Waals surface area (Å²) in [6.45, 7) is 3.60. The molecule has 0 aliphatic rings. The van der Waals surface area contributed by atoms with Crippen LogP contribution in [-0.2, 0) is 19.1 Å². The Bertz CT molecular complexity index is 232. The molecule has 0 bridgehead atoms. The standard InChI is InChI=1S/C10H16O5/c1-3-6-14-9(12)4-5-10(13)15-7-8(2)11/h4-5,8,11H,3,6-7H2,1-2H3. The van der Waals surface area contributed by atoms with Gasteiger partial charge in [-0.05, 0) is 13.3 Å². The van der Waals surface area contributed by atoms with Gasteiger partial charge in [-0.25, -0.2) is 9.59 Å². The molecule has 0 spiro atoms. The van der Waals surface area contributed by atoms with Crippen molar-refractivity contribution in [1.82, 2.24) is 0 Å². The quantitative estimate of drug-likeness (QED) is 0.514. The highest BCUT2D eigenvalue weighted by molar-refractivity contribution is 5.91. The van der Waals surface area contributed by atoms with Crippen molar-refractivity contribution in [2.45, 2.75) is 26.4 Å². The molecule has 0 saturated carbocycles. The van der Waals surface area contributed by atoms with Gasteiger partial charge >= 0.3 is 11.9 Å². The second kappa shape index (κ2) is 7.99. The van der Waals surface area contributed by atoms with Gasteiger partial charge in [0.05, 0.1) is 12.7 Å². The van der Waals surface area contributed by atoms with Crippen LogP contribution in [0.2, 0.25) is 0 Å². The first kappa shape index (κ1) is 13.6. The topological polar surface area (TPSA) is 72.8 Å². The molecule has 0 rings (SSSR count). The number of hydrogen-bond acceptors (Lipinski definition) is 5. The molecule has 1 atom stereocenters. The lowest BCUT2D eigenvalue weighted by molar-refractivity contribution is -0.142. The minimum absolute atomic E-state index is 0.0901. The normalized spacial score (nSPS) is 12.5. The minimum Gasteiger partial charge on any atom is -0.463 e. The van der Waals surface area contributed by atoms with E-state index in [1.54, 1.807) is 0 Å². The maximum atomic E-state index is 10.9. The molecule has 0 amide bonds. The molecule has 0 aromatic heterocycles. The fraction of sp³-hybridized carbons (Fsp3) is 0.600. The molecule has 0 fully saturated rings. The van der Waals surface area contributed by atoms with Crippen LogP contribution in [0, 0.1) is 0 Å². The summed E-state index contributed by atoms with van der Waals surface area (Å²) in [5.74, 6) is -1.25. The third-order valence-electron chi connectivity index (χ3n) is 1.27. The summed E-state index contributed by atoms with van der Waals surface area (Å²) in [5.41, 5.74) is 0. The zero-order valence-electron chi connectivity index (χ0n) is 8.93. The third-order valence-corrected chi connectivity index (χ3v) is 1.27. The van der Waals surface area contributed by atoms with Crippen molar-refractivity contribution in [3.63, 3.8) is 0 Å². The van der Waals surface area contributed by atoms with E-state index in [1.165, 1.54) is 6.92 Å². The van der Waals surface area contributed by atoms with E-state index in [0.717, 1.165) is 18.6 Å². The van der Waals surface area contributed by atoms with Crippen LogP contribution in [-0.4, -0.2) is 36.4 Å². The van der Waals surface area contributed by atoms with E-state index in [9.17, 15) is 9.59 Å². The van der Waals surface area contributed by atoms with Crippen LogP contribution in [0.5, 0.6) is 0 Å². The van der Waals surface area contributed by atoms with Gasteiger partial charge < -0.3 is 14.6 Å². The van der Waals surface area contributed by atoms with E-state index in [0.29, 0.717) is 6.61 Å². The fourth-order valence-corrected chi connectivity index (χ4v) is 0.638. The zero-order valence-corrected chi connectivity index (χ0v) is 8.93. The summed E-state index contributed by atoms with van der Waals surface area (Å²) in [6.07, 6.45) is 1.99. The van der Waals surface area contributed by atoms with Gasteiger partial charge in [0.2, 0.25) is 0 Å². The SMILES string of the molecule is CCCOC(=O)C=CC(=O)OCC(C)O. The first-order valence-corrected chi connectivity index (χ1v) is 4.76. The number of rotatable bonds is 6. The molecular formula is C10H16O5. The lowest BCUT2D eigenvalue weighted by Crippen LogP contribution is -2.14. The van der Waals surface area contributed by atoms with E-state index < -0.39 is 18.0 Å². The van der Waals surface area contributed by atoms with Crippen molar-refractivity contribution in [1.29, 1.82) is 0 Å². The predicted octanol–water partition coefficient (Wildman–Crippen LogP) is 0.420. The lowest BCUT2D eigenvalue weighted by atomic mass is 10.4. The first-order valence-electron chi connectivity index (χ1n) is 4.76. The van der Waals surface area contributed by atoms with Gasteiger partial charge in [0.1, 0.15) is 6.61 Å². The molecule has 0 heterocycles. The van der Waals surface area contributed by atoms with E-state index in [1.807, 2.05) is 6.92 Å². The van der Waals surface area contributed by atoms with Gasteiger partial charge in [-0.2, -0.15) is 0 Å². The van der Waals surface area contributed by atoms with Gasteiger partial charge in [0.15, 0.2) is 0 Å². The summed E-state index contributed by atoms with van der Waals surface area (Å²) in [5, 5.41) is 8.80. The van der Waals surface area contributed by atoms with Crippen LogP contribution in [0.15, 0.2) is 12.2 Å². The Morgan fingerprint density at radius 3 is 2.27 bits per heavy atom. The Labute approximate surface area is 88.7 Å². The molecule has 15 heavy (non-hydrogen) atoms. The van der Waals surface area contributed by atoms with E-state index in [4.69, 9.17) is 5.11 Å². The van der Waals surface area contributed by atoms with Gasteiger partial charge in [-0.3, -0.25) is 0 Å². The predicted molar refractivity (Wildman–Crippen MR) is 53.0 cm³/mol. The molecule has 5 heteroatoms. The van der Waals surface area contributed by atoms with Gasteiger partial charge in [0.25, 0.3) is 0 Å². The van der Waals surface area contributed by atoms with Gasteiger partial charge in [-0.15, -0.1) is 0 Å². The molecule has 0 aromatic carbocycles. The smallest absolute Gasteiger partial charge is 0.331 e. The molecule has 0 aromatic rings. The number of ether oxygens (including phenoxy) is 2. The molecular weight excluding hydrogens is 200 g/mol. The fourth-order valence-electron chi connectivity index (χ4n) is 0.638. The molecule has 1 unspecified atom stereocenters. The number of aliphatic hydroxyl groups excluding tert-OH is 1. The zero-order chi connectivity index (χ0) is 11.7. The second-order valence-corrected chi connectivity index (χ2v) is 2.98. The highest BCUT2D eigenvalue weighted by Gasteiger charge is 2.02. The molecule has 1 N–H and O–H groups in total. The van der Waals surface area contributed by atoms with E-state index >= 15 is 0 Å². The van der Waals surface area contributed by atoms with Crippen LogP contribution >= 0.6 is 0 Å². The van der Waals surface area contributed by atoms with Crippen LogP contribution in [0.3, 0.4) is 0 Å². The lowest BCUT2D eigenvalue weighted by Gasteiger charge is -2.03. The van der Waals surface area contributed by atoms with E-state index in [2.05, 4.69) is 9.47 Å². The molecule has 0 aliphatic heterocycles. The Morgan fingerprint density at radius 2 is 1.80 bits per heavy atom. The van der Waals surface area contributed by atoms with Crippen molar-refractivity contribution in [2.75, 3.05) is 13.2 Å². The molecule has 86 valence electrons. The summed E-state index contributed by atoms with van der Waals surface area (Å²) < 4.78 is 9.26. The van der Waals surface area contributed by atoms with Crippen LogP contribution in [0.4, 0.5) is 0 Å². The Hall–Kier alpha value is -1.36. The molecule has 0 aliphatic carbocycles. The number of carbonyl (C=O) groups is 2. The Kier molecular flexibility index (Phi) is 7.27. The number of aliphatic hydroxyl groups is 1. The Balaban J connectivity index is 3.74. The van der Waals surface area contributed by atoms with Crippen molar-refractivity contribution in [2.24, 2.45) is 0 Å². The maximum Gasteiger partial charge on any atom is 0.331 e.